The van der Waals surface area contributed by atoms with Crippen molar-refractivity contribution >= 4 is 11.3 Å². The minimum Gasteiger partial charge on any atom is -0.387 e. The maximum absolute atomic E-state index is 9.89. The zero-order chi connectivity index (χ0) is 11.1. The second-order valence-electron chi connectivity index (χ2n) is 4.15. The molecule has 0 bridgehead atoms. The van der Waals surface area contributed by atoms with Gasteiger partial charge in [0.2, 0.25) is 0 Å². The average molecular weight is 232 g/mol. The van der Waals surface area contributed by atoms with Crippen molar-refractivity contribution in [1.82, 2.24) is 9.97 Å². The second kappa shape index (κ2) is 3.64. The van der Waals surface area contributed by atoms with Crippen LogP contribution in [0.25, 0.3) is 10.6 Å². The molecule has 2 aromatic rings. The SMILES string of the molecule is C[C@@H]1C[C@@H](O)c2ncnc(-c3cccs3)c21. The van der Waals surface area contributed by atoms with Gasteiger partial charge >= 0.3 is 0 Å². The molecule has 4 heteroatoms. The van der Waals surface area contributed by atoms with Crippen molar-refractivity contribution in [2.45, 2.75) is 25.4 Å². The molecule has 0 amide bonds. The molecule has 0 aliphatic heterocycles. The van der Waals surface area contributed by atoms with Crippen LogP contribution in [-0.2, 0) is 0 Å². The number of aromatic nitrogens is 2. The quantitative estimate of drug-likeness (QED) is 0.822. The Morgan fingerprint density at radius 1 is 1.44 bits per heavy atom. The molecule has 0 saturated carbocycles. The Kier molecular flexibility index (Phi) is 2.26. The van der Waals surface area contributed by atoms with Gasteiger partial charge in [-0.05, 0) is 23.8 Å². The first-order valence-corrected chi connectivity index (χ1v) is 6.22. The van der Waals surface area contributed by atoms with Gasteiger partial charge in [0.05, 0.1) is 22.4 Å². The molecule has 1 N–H and O–H groups in total. The molecule has 2 aromatic heterocycles. The molecule has 16 heavy (non-hydrogen) atoms. The van der Waals surface area contributed by atoms with E-state index in [1.807, 2.05) is 11.4 Å². The predicted octanol–water partition coefficient (Wildman–Crippen LogP) is 2.75. The Morgan fingerprint density at radius 2 is 2.31 bits per heavy atom. The number of aliphatic hydroxyl groups excluding tert-OH is 1. The molecule has 1 aliphatic rings. The zero-order valence-corrected chi connectivity index (χ0v) is 9.74. The Labute approximate surface area is 97.8 Å². The van der Waals surface area contributed by atoms with Crippen LogP contribution in [0.5, 0.6) is 0 Å². The van der Waals surface area contributed by atoms with Crippen LogP contribution in [0.1, 0.15) is 36.6 Å². The molecule has 0 saturated heterocycles. The van der Waals surface area contributed by atoms with Crippen LogP contribution in [-0.4, -0.2) is 15.1 Å². The van der Waals surface area contributed by atoms with Crippen molar-refractivity contribution in [3.8, 4) is 10.6 Å². The third-order valence-corrected chi connectivity index (χ3v) is 3.93. The molecule has 1 aliphatic carbocycles. The minimum absolute atomic E-state index is 0.336. The minimum atomic E-state index is -0.424. The number of rotatable bonds is 1. The highest BCUT2D eigenvalue weighted by Gasteiger charge is 2.31. The Morgan fingerprint density at radius 3 is 3.06 bits per heavy atom. The maximum Gasteiger partial charge on any atom is 0.116 e. The van der Waals surface area contributed by atoms with Crippen LogP contribution in [0, 0.1) is 0 Å². The van der Waals surface area contributed by atoms with E-state index in [1.165, 1.54) is 0 Å². The van der Waals surface area contributed by atoms with Gasteiger partial charge in [-0.1, -0.05) is 13.0 Å². The number of fused-ring (bicyclic) bond motifs is 1. The lowest BCUT2D eigenvalue weighted by molar-refractivity contribution is 0.170. The standard InChI is InChI=1S/C12H12N2OS/c1-7-5-8(15)11-10(7)12(14-6-13-11)9-3-2-4-16-9/h2-4,6-8,15H,5H2,1H3/t7-,8-/m1/s1. The number of hydrogen-bond donors (Lipinski definition) is 1. The summed E-state index contributed by atoms with van der Waals surface area (Å²) in [6.45, 7) is 2.12. The monoisotopic (exact) mass is 232 g/mol. The molecule has 3 rings (SSSR count). The lowest BCUT2D eigenvalue weighted by Crippen LogP contribution is -1.98. The summed E-state index contributed by atoms with van der Waals surface area (Å²) in [5, 5.41) is 11.9. The van der Waals surface area contributed by atoms with Gasteiger partial charge in [-0.15, -0.1) is 11.3 Å². The van der Waals surface area contributed by atoms with Crippen LogP contribution >= 0.6 is 11.3 Å². The lowest BCUT2D eigenvalue weighted by Gasteiger charge is -2.08. The maximum atomic E-state index is 9.89. The highest BCUT2D eigenvalue weighted by Crippen LogP contribution is 2.43. The van der Waals surface area contributed by atoms with Crippen molar-refractivity contribution in [2.75, 3.05) is 0 Å². The number of hydrogen-bond acceptors (Lipinski definition) is 4. The molecule has 2 atom stereocenters. The third kappa shape index (κ3) is 1.37. The Bertz CT molecular complexity index is 510. The number of aliphatic hydroxyl groups is 1. The summed E-state index contributed by atoms with van der Waals surface area (Å²) in [6, 6.07) is 4.08. The number of nitrogens with zero attached hydrogens (tertiary/aromatic N) is 2. The molecule has 0 spiro atoms. The van der Waals surface area contributed by atoms with E-state index in [2.05, 4.69) is 23.0 Å². The van der Waals surface area contributed by atoms with Crippen molar-refractivity contribution < 1.29 is 5.11 Å². The summed E-state index contributed by atoms with van der Waals surface area (Å²) in [4.78, 5) is 9.72. The molecule has 3 nitrogen and oxygen atoms in total. The highest BCUT2D eigenvalue weighted by molar-refractivity contribution is 7.13. The zero-order valence-electron chi connectivity index (χ0n) is 8.92. The first-order valence-electron chi connectivity index (χ1n) is 5.34. The molecular weight excluding hydrogens is 220 g/mol. The Hall–Kier alpha value is -1.26. The second-order valence-corrected chi connectivity index (χ2v) is 5.10. The van der Waals surface area contributed by atoms with Crippen molar-refractivity contribution in [2.24, 2.45) is 0 Å². The summed E-state index contributed by atoms with van der Waals surface area (Å²) in [5.74, 6) is 0.336. The largest absolute Gasteiger partial charge is 0.387 e. The third-order valence-electron chi connectivity index (χ3n) is 3.05. The van der Waals surface area contributed by atoms with E-state index in [4.69, 9.17) is 0 Å². The van der Waals surface area contributed by atoms with E-state index >= 15 is 0 Å². The van der Waals surface area contributed by atoms with Gasteiger partial charge in [0.25, 0.3) is 0 Å². The molecule has 82 valence electrons. The average Bonchev–Trinajstić information content (AvgIpc) is 2.88. The Balaban J connectivity index is 2.22. The summed E-state index contributed by atoms with van der Waals surface area (Å²) >= 11 is 1.67. The molecule has 0 radical (unpaired) electrons. The van der Waals surface area contributed by atoms with Crippen molar-refractivity contribution in [3.63, 3.8) is 0 Å². The molecular formula is C12H12N2OS. The van der Waals surface area contributed by atoms with Crippen LogP contribution < -0.4 is 0 Å². The van der Waals surface area contributed by atoms with Gasteiger partial charge in [-0.25, -0.2) is 9.97 Å². The summed E-state index contributed by atoms with van der Waals surface area (Å²) in [6.07, 6.45) is 1.88. The van der Waals surface area contributed by atoms with Crippen LogP contribution in [0.3, 0.4) is 0 Å². The first-order chi connectivity index (χ1) is 7.77. The summed E-state index contributed by atoms with van der Waals surface area (Å²) in [5.41, 5.74) is 2.92. The van der Waals surface area contributed by atoms with E-state index in [0.29, 0.717) is 5.92 Å². The molecule has 0 unspecified atom stereocenters. The van der Waals surface area contributed by atoms with Crippen LogP contribution in [0.4, 0.5) is 0 Å². The summed E-state index contributed by atoms with van der Waals surface area (Å²) < 4.78 is 0. The topological polar surface area (TPSA) is 46.0 Å². The highest BCUT2D eigenvalue weighted by atomic mass is 32.1. The van der Waals surface area contributed by atoms with Gasteiger partial charge < -0.3 is 5.11 Å². The predicted molar refractivity (Wildman–Crippen MR) is 63.3 cm³/mol. The fourth-order valence-corrected chi connectivity index (χ4v) is 3.07. The normalized spacial score (nSPS) is 23.4. The van der Waals surface area contributed by atoms with Gasteiger partial charge in [-0.2, -0.15) is 0 Å². The first kappa shape index (κ1) is 9.93. The smallest absolute Gasteiger partial charge is 0.116 e. The van der Waals surface area contributed by atoms with E-state index in [-0.39, 0.29) is 0 Å². The van der Waals surface area contributed by atoms with Crippen LogP contribution in [0.2, 0.25) is 0 Å². The van der Waals surface area contributed by atoms with E-state index < -0.39 is 6.10 Å². The fourth-order valence-electron chi connectivity index (χ4n) is 2.33. The van der Waals surface area contributed by atoms with E-state index in [1.54, 1.807) is 17.7 Å². The van der Waals surface area contributed by atoms with Gasteiger partial charge in [0.1, 0.15) is 6.33 Å². The van der Waals surface area contributed by atoms with E-state index in [0.717, 1.165) is 28.2 Å². The molecule has 0 fully saturated rings. The fraction of sp³-hybridized carbons (Fsp3) is 0.333. The summed E-state index contributed by atoms with van der Waals surface area (Å²) in [7, 11) is 0. The van der Waals surface area contributed by atoms with E-state index in [9.17, 15) is 5.11 Å². The lowest BCUT2D eigenvalue weighted by atomic mass is 10.0. The van der Waals surface area contributed by atoms with Gasteiger partial charge in [0.15, 0.2) is 0 Å². The molecule has 0 aromatic carbocycles. The molecule has 2 heterocycles. The van der Waals surface area contributed by atoms with Gasteiger partial charge in [0, 0.05) is 5.56 Å². The van der Waals surface area contributed by atoms with Gasteiger partial charge in [-0.3, -0.25) is 0 Å². The van der Waals surface area contributed by atoms with Crippen LogP contribution in [0.15, 0.2) is 23.8 Å². The van der Waals surface area contributed by atoms with Crippen molar-refractivity contribution in [1.29, 1.82) is 0 Å². The van der Waals surface area contributed by atoms with Crippen molar-refractivity contribution in [3.05, 3.63) is 35.1 Å². The number of thiophene rings is 1.